The molecule has 1 aromatic rings. The lowest BCUT2D eigenvalue weighted by Crippen LogP contribution is -2.16. The number of rotatable bonds is 9. The Morgan fingerprint density at radius 3 is 2.40 bits per heavy atom. The number of unbranched alkanes of at least 4 members (excludes halogenated alkanes) is 1. The van der Waals surface area contributed by atoms with Crippen molar-refractivity contribution in [2.24, 2.45) is 0 Å². The molecule has 1 rings (SSSR count). The van der Waals surface area contributed by atoms with Crippen LogP contribution in [-0.4, -0.2) is 19.8 Å². The minimum atomic E-state index is -3.02. The zero-order valence-corrected chi connectivity index (χ0v) is 11.0. The largest absolute Gasteiger partial charge is 0.435 e. The minimum absolute atomic E-state index is 0.165. The topological polar surface area (TPSA) is 30.5 Å². The molecule has 0 bridgehead atoms. The molecule has 0 radical (unpaired) electrons. The van der Waals surface area contributed by atoms with Crippen LogP contribution >= 0.6 is 0 Å². The van der Waals surface area contributed by atoms with Crippen molar-refractivity contribution in [3.05, 3.63) is 23.8 Å². The highest BCUT2D eigenvalue weighted by Crippen LogP contribution is 2.27. The molecule has 0 aromatic heterocycles. The summed E-state index contributed by atoms with van der Waals surface area (Å²) in [6.07, 6.45) is 1.96. The molecule has 0 amide bonds. The van der Waals surface area contributed by atoms with E-state index in [1.165, 1.54) is 12.1 Å². The van der Waals surface area contributed by atoms with Gasteiger partial charge in [0.05, 0.1) is 0 Å². The summed E-state index contributed by atoms with van der Waals surface area (Å²) in [4.78, 5) is 0. The number of nitrogens with one attached hydrogen (secondary N) is 1. The molecule has 0 unspecified atom stereocenters. The fraction of sp³-hybridized carbons (Fsp3) is 0.538. The highest BCUT2D eigenvalue weighted by atomic mass is 19.3. The Hall–Kier alpha value is -1.50. The van der Waals surface area contributed by atoms with E-state index < -0.39 is 13.2 Å². The fourth-order valence-corrected chi connectivity index (χ4v) is 1.59. The van der Waals surface area contributed by atoms with Gasteiger partial charge >= 0.3 is 13.2 Å². The molecule has 0 saturated carbocycles. The molecule has 0 heterocycles. The van der Waals surface area contributed by atoms with E-state index in [9.17, 15) is 17.6 Å². The van der Waals surface area contributed by atoms with E-state index >= 15 is 0 Å². The Morgan fingerprint density at radius 1 is 1.10 bits per heavy atom. The first-order chi connectivity index (χ1) is 9.52. The summed E-state index contributed by atoms with van der Waals surface area (Å²) < 4.78 is 57.3. The van der Waals surface area contributed by atoms with Gasteiger partial charge in [-0.3, -0.25) is 0 Å². The van der Waals surface area contributed by atoms with E-state index in [1.807, 2.05) is 6.92 Å². The summed E-state index contributed by atoms with van der Waals surface area (Å²) >= 11 is 0. The zero-order chi connectivity index (χ0) is 15.0. The molecule has 0 aliphatic heterocycles. The van der Waals surface area contributed by atoms with Crippen LogP contribution in [0.5, 0.6) is 11.5 Å². The second-order valence-corrected chi connectivity index (χ2v) is 4.06. The predicted molar refractivity (Wildman–Crippen MR) is 66.3 cm³/mol. The van der Waals surface area contributed by atoms with Crippen LogP contribution in [0.2, 0.25) is 0 Å². The van der Waals surface area contributed by atoms with Gasteiger partial charge in [-0.05, 0) is 19.0 Å². The van der Waals surface area contributed by atoms with Crippen LogP contribution in [0.25, 0.3) is 0 Å². The SMILES string of the molecule is CCCCNCc1ccc(OC(F)F)cc1OC(F)F. The van der Waals surface area contributed by atoms with Crippen LogP contribution in [-0.2, 0) is 6.54 Å². The molecule has 1 aromatic carbocycles. The van der Waals surface area contributed by atoms with Crippen molar-refractivity contribution in [2.75, 3.05) is 6.54 Å². The molecule has 3 nitrogen and oxygen atoms in total. The average molecular weight is 295 g/mol. The first-order valence-corrected chi connectivity index (χ1v) is 6.26. The van der Waals surface area contributed by atoms with Gasteiger partial charge in [-0.25, -0.2) is 0 Å². The van der Waals surface area contributed by atoms with Crippen LogP contribution < -0.4 is 14.8 Å². The van der Waals surface area contributed by atoms with E-state index in [1.54, 1.807) is 0 Å². The summed E-state index contributed by atoms with van der Waals surface area (Å²) in [5.74, 6) is -0.380. The first-order valence-electron chi connectivity index (χ1n) is 6.26. The Labute approximate surface area is 114 Å². The van der Waals surface area contributed by atoms with Crippen molar-refractivity contribution in [3.8, 4) is 11.5 Å². The third kappa shape index (κ3) is 6.10. The van der Waals surface area contributed by atoms with Crippen molar-refractivity contribution in [1.29, 1.82) is 0 Å². The number of benzene rings is 1. The zero-order valence-electron chi connectivity index (χ0n) is 11.0. The normalized spacial score (nSPS) is 11.2. The third-order valence-corrected chi connectivity index (χ3v) is 2.50. The van der Waals surface area contributed by atoms with Crippen molar-refractivity contribution < 1.29 is 27.0 Å². The molecule has 0 aliphatic rings. The lowest BCUT2D eigenvalue weighted by atomic mass is 10.2. The maximum absolute atomic E-state index is 12.3. The maximum atomic E-state index is 12.3. The number of halogens is 4. The van der Waals surface area contributed by atoms with Gasteiger partial charge in [-0.1, -0.05) is 19.4 Å². The van der Waals surface area contributed by atoms with Gasteiger partial charge in [-0.2, -0.15) is 17.6 Å². The molecular weight excluding hydrogens is 278 g/mol. The molecular formula is C13H17F4NO2. The summed E-state index contributed by atoms with van der Waals surface area (Å²) in [5.41, 5.74) is 0.461. The van der Waals surface area contributed by atoms with Gasteiger partial charge in [-0.15, -0.1) is 0 Å². The van der Waals surface area contributed by atoms with Crippen molar-refractivity contribution in [1.82, 2.24) is 5.32 Å². The predicted octanol–water partition coefficient (Wildman–Crippen LogP) is 3.78. The standard InChI is InChI=1S/C13H17F4NO2/c1-2-3-6-18-8-9-4-5-10(19-12(14)15)7-11(9)20-13(16)17/h4-5,7,12-13,18H,2-3,6,8H2,1H3. The average Bonchev–Trinajstić information content (AvgIpc) is 2.35. The van der Waals surface area contributed by atoms with Crippen molar-refractivity contribution in [3.63, 3.8) is 0 Å². The molecule has 0 fully saturated rings. The maximum Gasteiger partial charge on any atom is 0.387 e. The van der Waals surface area contributed by atoms with Gasteiger partial charge in [0.25, 0.3) is 0 Å². The first kappa shape index (κ1) is 16.6. The summed E-state index contributed by atoms with van der Waals surface area (Å²) in [6.45, 7) is -2.95. The van der Waals surface area contributed by atoms with Crippen LogP contribution in [0.1, 0.15) is 25.3 Å². The number of hydrogen-bond acceptors (Lipinski definition) is 3. The van der Waals surface area contributed by atoms with Crippen LogP contribution in [0.15, 0.2) is 18.2 Å². The molecule has 0 atom stereocenters. The number of alkyl halides is 4. The molecule has 1 N–H and O–H groups in total. The van der Waals surface area contributed by atoms with Gasteiger partial charge < -0.3 is 14.8 Å². The Kier molecular flexibility index (Phi) is 7.14. The third-order valence-electron chi connectivity index (χ3n) is 2.50. The summed E-state index contributed by atoms with van der Waals surface area (Å²) in [5, 5.41) is 3.06. The Bertz CT molecular complexity index is 402. The molecule has 7 heteroatoms. The molecule has 114 valence electrons. The quantitative estimate of drug-likeness (QED) is 0.555. The van der Waals surface area contributed by atoms with Crippen LogP contribution in [0, 0.1) is 0 Å². The second kappa shape index (κ2) is 8.63. The molecule has 20 heavy (non-hydrogen) atoms. The Morgan fingerprint density at radius 2 is 1.80 bits per heavy atom. The monoisotopic (exact) mass is 295 g/mol. The van der Waals surface area contributed by atoms with Gasteiger partial charge in [0.2, 0.25) is 0 Å². The fourth-order valence-electron chi connectivity index (χ4n) is 1.59. The minimum Gasteiger partial charge on any atom is -0.435 e. The van der Waals surface area contributed by atoms with E-state index in [2.05, 4.69) is 14.8 Å². The van der Waals surface area contributed by atoms with E-state index in [0.29, 0.717) is 12.1 Å². The van der Waals surface area contributed by atoms with Crippen LogP contribution in [0.3, 0.4) is 0 Å². The summed E-state index contributed by atoms with van der Waals surface area (Å²) in [7, 11) is 0. The van der Waals surface area contributed by atoms with E-state index in [-0.39, 0.29) is 11.5 Å². The highest BCUT2D eigenvalue weighted by Gasteiger charge is 2.13. The smallest absolute Gasteiger partial charge is 0.387 e. The molecule has 0 spiro atoms. The second-order valence-electron chi connectivity index (χ2n) is 4.06. The number of hydrogen-bond donors (Lipinski definition) is 1. The van der Waals surface area contributed by atoms with Gasteiger partial charge in [0.1, 0.15) is 11.5 Å². The van der Waals surface area contributed by atoms with E-state index in [0.717, 1.165) is 25.5 Å². The van der Waals surface area contributed by atoms with Gasteiger partial charge in [0.15, 0.2) is 0 Å². The molecule has 0 saturated heterocycles. The van der Waals surface area contributed by atoms with Crippen molar-refractivity contribution in [2.45, 2.75) is 39.5 Å². The van der Waals surface area contributed by atoms with E-state index in [4.69, 9.17) is 0 Å². The highest BCUT2D eigenvalue weighted by molar-refractivity contribution is 5.40. The van der Waals surface area contributed by atoms with Crippen molar-refractivity contribution >= 4 is 0 Å². The summed E-state index contributed by atoms with van der Waals surface area (Å²) in [6, 6.07) is 3.75. The van der Waals surface area contributed by atoms with Gasteiger partial charge in [0, 0.05) is 18.2 Å². The lowest BCUT2D eigenvalue weighted by Gasteiger charge is -2.13. The lowest BCUT2D eigenvalue weighted by molar-refractivity contribution is -0.0546. The van der Waals surface area contributed by atoms with Crippen LogP contribution in [0.4, 0.5) is 17.6 Å². The Balaban J connectivity index is 2.75. The molecule has 0 aliphatic carbocycles. The number of ether oxygens (including phenoxy) is 2.